The van der Waals surface area contributed by atoms with E-state index in [1.807, 2.05) is 19.1 Å². The van der Waals surface area contributed by atoms with Crippen LogP contribution in [0.4, 0.5) is 0 Å². The largest absolute Gasteiger partial charge is 0.459 e. The first-order valence-corrected chi connectivity index (χ1v) is 4.11. The van der Waals surface area contributed by atoms with Gasteiger partial charge in [-0.3, -0.25) is 0 Å². The molecule has 1 atom stereocenters. The van der Waals surface area contributed by atoms with Gasteiger partial charge in [0.1, 0.15) is 12.6 Å². The van der Waals surface area contributed by atoms with Crippen molar-refractivity contribution in [3.63, 3.8) is 0 Å². The van der Waals surface area contributed by atoms with Gasteiger partial charge in [-0.1, -0.05) is 24.8 Å². The van der Waals surface area contributed by atoms with Gasteiger partial charge in [0.15, 0.2) is 0 Å². The van der Waals surface area contributed by atoms with Crippen LogP contribution in [-0.4, -0.2) is 18.6 Å². The molecule has 3 heteroatoms. The number of esters is 1. The fraction of sp³-hybridized carbons (Fsp3) is 0.300. The molecule has 1 rings (SSSR count). The molecule has 0 aromatic rings. The number of ether oxygens (including phenoxy) is 1. The summed E-state index contributed by atoms with van der Waals surface area (Å²) in [5, 5.41) is 0. The minimum Gasteiger partial charge on any atom is -0.459 e. The van der Waals surface area contributed by atoms with Gasteiger partial charge in [-0.05, 0) is 18.1 Å². The van der Waals surface area contributed by atoms with E-state index in [0.29, 0.717) is 0 Å². The summed E-state index contributed by atoms with van der Waals surface area (Å²) in [5.74, 6) is -0.386. The minimum atomic E-state index is -0.683. The van der Waals surface area contributed by atoms with Gasteiger partial charge in [0.05, 0.1) is 0 Å². The maximum atomic E-state index is 11.1. The normalized spacial score (nSPS) is 23.5. The molecule has 0 aliphatic carbocycles. The van der Waals surface area contributed by atoms with Gasteiger partial charge in [0, 0.05) is 0 Å². The lowest BCUT2D eigenvalue weighted by Crippen LogP contribution is -2.38. The molecule has 1 unspecified atom stereocenters. The highest BCUT2D eigenvalue weighted by Gasteiger charge is 2.25. The quantitative estimate of drug-likeness (QED) is 0.641. The van der Waals surface area contributed by atoms with E-state index in [9.17, 15) is 4.79 Å². The van der Waals surface area contributed by atoms with Gasteiger partial charge in [0.25, 0.3) is 0 Å². The summed E-state index contributed by atoms with van der Waals surface area (Å²) in [4.78, 5) is 11.1. The lowest BCUT2D eigenvalue weighted by Gasteiger charge is -2.21. The van der Waals surface area contributed by atoms with Crippen LogP contribution in [-0.2, 0) is 9.53 Å². The predicted molar refractivity (Wildman–Crippen MR) is 51.0 cm³/mol. The van der Waals surface area contributed by atoms with Crippen LogP contribution in [0.3, 0.4) is 0 Å². The van der Waals surface area contributed by atoms with Crippen LogP contribution in [0.15, 0.2) is 36.0 Å². The first-order valence-electron chi connectivity index (χ1n) is 4.11. The van der Waals surface area contributed by atoms with Gasteiger partial charge in [-0.15, -0.1) is 0 Å². The fourth-order valence-electron chi connectivity index (χ4n) is 1.25. The SMILES string of the molecule is C=CC1=C(/C=C\C)COC(=O)C1N. The molecule has 0 radical (unpaired) electrons. The zero-order chi connectivity index (χ0) is 9.84. The second kappa shape index (κ2) is 4.05. The fourth-order valence-corrected chi connectivity index (χ4v) is 1.25. The number of carbonyl (C=O) groups is 1. The maximum absolute atomic E-state index is 11.1. The monoisotopic (exact) mass is 179 g/mol. The molecule has 13 heavy (non-hydrogen) atoms. The molecule has 0 bridgehead atoms. The minimum absolute atomic E-state index is 0.290. The number of nitrogens with two attached hydrogens (primary N) is 1. The first kappa shape index (κ1) is 9.74. The molecule has 1 aliphatic rings. The van der Waals surface area contributed by atoms with Crippen LogP contribution in [0.1, 0.15) is 6.92 Å². The molecule has 3 nitrogen and oxygen atoms in total. The molecular formula is C10H13NO2. The number of cyclic esters (lactones) is 1. The van der Waals surface area contributed by atoms with Crippen LogP contribution >= 0.6 is 0 Å². The summed E-state index contributed by atoms with van der Waals surface area (Å²) in [6.45, 7) is 5.81. The van der Waals surface area contributed by atoms with E-state index in [4.69, 9.17) is 10.5 Å². The van der Waals surface area contributed by atoms with E-state index in [1.165, 1.54) is 0 Å². The van der Waals surface area contributed by atoms with Crippen molar-refractivity contribution in [2.24, 2.45) is 5.73 Å². The summed E-state index contributed by atoms with van der Waals surface area (Å²) in [7, 11) is 0. The van der Waals surface area contributed by atoms with Crippen molar-refractivity contribution in [3.8, 4) is 0 Å². The summed E-state index contributed by atoms with van der Waals surface area (Å²) in [6, 6.07) is -0.683. The van der Waals surface area contributed by atoms with Crippen molar-refractivity contribution in [1.29, 1.82) is 0 Å². The Morgan fingerprint density at radius 3 is 2.92 bits per heavy atom. The Morgan fingerprint density at radius 1 is 1.69 bits per heavy atom. The topological polar surface area (TPSA) is 52.3 Å². The molecule has 70 valence electrons. The van der Waals surface area contributed by atoms with Gasteiger partial charge in [-0.2, -0.15) is 0 Å². The number of rotatable bonds is 2. The van der Waals surface area contributed by atoms with E-state index in [2.05, 4.69) is 6.58 Å². The third kappa shape index (κ3) is 1.87. The Kier molecular flexibility index (Phi) is 3.03. The van der Waals surface area contributed by atoms with Crippen LogP contribution < -0.4 is 5.73 Å². The van der Waals surface area contributed by atoms with Crippen molar-refractivity contribution in [2.45, 2.75) is 13.0 Å². The summed E-state index contributed by atoms with van der Waals surface area (Å²) < 4.78 is 4.87. The number of carbonyl (C=O) groups excluding carboxylic acids is 1. The number of hydrogen-bond acceptors (Lipinski definition) is 3. The lowest BCUT2D eigenvalue weighted by atomic mass is 9.99. The smallest absolute Gasteiger partial charge is 0.327 e. The third-order valence-electron chi connectivity index (χ3n) is 1.92. The molecule has 1 aliphatic heterocycles. The maximum Gasteiger partial charge on any atom is 0.327 e. The van der Waals surface area contributed by atoms with Crippen molar-refractivity contribution < 1.29 is 9.53 Å². The summed E-state index contributed by atoms with van der Waals surface area (Å²) in [5.41, 5.74) is 7.30. The Balaban J connectivity index is 3.05. The van der Waals surface area contributed by atoms with Crippen molar-refractivity contribution in [2.75, 3.05) is 6.61 Å². The van der Waals surface area contributed by atoms with E-state index < -0.39 is 6.04 Å². The average Bonchev–Trinajstić information content (AvgIpc) is 2.12. The van der Waals surface area contributed by atoms with Gasteiger partial charge >= 0.3 is 5.97 Å². The van der Waals surface area contributed by atoms with Crippen molar-refractivity contribution in [3.05, 3.63) is 36.0 Å². The Morgan fingerprint density at radius 2 is 2.38 bits per heavy atom. The predicted octanol–water partition coefficient (Wildman–Crippen LogP) is 0.929. The summed E-state index contributed by atoms with van der Waals surface area (Å²) in [6.07, 6.45) is 5.37. The van der Waals surface area contributed by atoms with E-state index in [-0.39, 0.29) is 12.6 Å². The molecule has 0 amide bonds. The standard InChI is InChI=1S/C10H13NO2/c1-3-5-7-6-13-10(12)9(11)8(7)4-2/h3-5,9H,2,6,11H2,1H3/b5-3-. The molecule has 0 saturated carbocycles. The zero-order valence-corrected chi connectivity index (χ0v) is 7.62. The second-order valence-electron chi connectivity index (χ2n) is 2.77. The Labute approximate surface area is 77.6 Å². The van der Waals surface area contributed by atoms with Crippen LogP contribution in [0.25, 0.3) is 0 Å². The van der Waals surface area contributed by atoms with Crippen LogP contribution in [0, 0.1) is 0 Å². The molecule has 0 spiro atoms. The number of allylic oxidation sites excluding steroid dienone is 1. The lowest BCUT2D eigenvalue weighted by molar-refractivity contribution is -0.144. The first-order chi connectivity index (χ1) is 6.20. The zero-order valence-electron chi connectivity index (χ0n) is 7.62. The Hall–Kier alpha value is -1.35. The highest BCUT2D eigenvalue weighted by molar-refractivity contribution is 5.82. The highest BCUT2D eigenvalue weighted by atomic mass is 16.5. The molecule has 0 aromatic heterocycles. The molecule has 0 fully saturated rings. The molecule has 2 N–H and O–H groups in total. The van der Waals surface area contributed by atoms with Crippen molar-refractivity contribution in [1.82, 2.24) is 0 Å². The molecular weight excluding hydrogens is 166 g/mol. The third-order valence-corrected chi connectivity index (χ3v) is 1.92. The second-order valence-corrected chi connectivity index (χ2v) is 2.77. The van der Waals surface area contributed by atoms with E-state index >= 15 is 0 Å². The van der Waals surface area contributed by atoms with Gasteiger partial charge < -0.3 is 10.5 Å². The molecule has 1 heterocycles. The number of hydrogen-bond donors (Lipinski definition) is 1. The Bertz CT molecular complexity index is 289. The van der Waals surface area contributed by atoms with Gasteiger partial charge in [0.2, 0.25) is 0 Å². The molecule has 0 saturated heterocycles. The van der Waals surface area contributed by atoms with Gasteiger partial charge in [-0.25, -0.2) is 4.79 Å². The van der Waals surface area contributed by atoms with E-state index in [0.717, 1.165) is 11.1 Å². The summed E-state index contributed by atoms with van der Waals surface area (Å²) >= 11 is 0. The van der Waals surface area contributed by atoms with E-state index in [1.54, 1.807) is 6.08 Å². The van der Waals surface area contributed by atoms with Crippen molar-refractivity contribution >= 4 is 5.97 Å². The van der Waals surface area contributed by atoms with Crippen LogP contribution in [0.5, 0.6) is 0 Å². The van der Waals surface area contributed by atoms with Crippen LogP contribution in [0.2, 0.25) is 0 Å². The molecule has 0 aromatic carbocycles. The average molecular weight is 179 g/mol. The highest BCUT2D eigenvalue weighted by Crippen LogP contribution is 2.17.